The Balaban J connectivity index is 1.58. The van der Waals surface area contributed by atoms with Crippen LogP contribution in [-0.2, 0) is 5.33 Å². The fourth-order valence-electron chi connectivity index (χ4n) is 3.61. The molecule has 2 saturated heterocycles. The fraction of sp³-hybridized carbons (Fsp3) is 0.647. The van der Waals surface area contributed by atoms with Crippen LogP contribution in [-0.4, -0.2) is 37.1 Å². The molecule has 0 bridgehead atoms. The lowest BCUT2D eigenvalue weighted by molar-refractivity contribution is 0.141. The third-order valence-corrected chi connectivity index (χ3v) is 5.87. The number of halogens is 2. The molecule has 1 aromatic carbocycles. The summed E-state index contributed by atoms with van der Waals surface area (Å²) in [7, 11) is 0. The predicted octanol–water partition coefficient (Wildman–Crippen LogP) is 4.69. The molecule has 0 radical (unpaired) electrons. The molecule has 0 spiro atoms. The van der Waals surface area contributed by atoms with Gasteiger partial charge < -0.3 is 9.80 Å². The molecule has 2 aliphatic heterocycles. The van der Waals surface area contributed by atoms with Gasteiger partial charge in [-0.1, -0.05) is 40.0 Å². The average Bonchev–Trinajstić information content (AvgIpc) is 2.56. The first-order valence-corrected chi connectivity index (χ1v) is 9.61. The summed E-state index contributed by atoms with van der Waals surface area (Å²) in [6.07, 6.45) is 6.79. The molecular weight excluding hydrogens is 348 g/mol. The van der Waals surface area contributed by atoms with E-state index in [1.54, 1.807) is 0 Å². The highest BCUT2D eigenvalue weighted by atomic mass is 79.9. The smallest absolute Gasteiger partial charge is 0.0467 e. The van der Waals surface area contributed by atoms with Gasteiger partial charge in [-0.25, -0.2) is 0 Å². The molecule has 2 heterocycles. The summed E-state index contributed by atoms with van der Waals surface area (Å²) < 4.78 is 0. The van der Waals surface area contributed by atoms with Crippen molar-refractivity contribution in [1.29, 1.82) is 0 Å². The quantitative estimate of drug-likeness (QED) is 0.711. The Morgan fingerprint density at radius 1 is 1.05 bits per heavy atom. The molecule has 2 nitrogen and oxygen atoms in total. The van der Waals surface area contributed by atoms with Crippen molar-refractivity contribution in [2.24, 2.45) is 0 Å². The van der Waals surface area contributed by atoms with Crippen LogP contribution in [0.5, 0.6) is 0 Å². The highest BCUT2D eigenvalue weighted by Crippen LogP contribution is 2.28. The van der Waals surface area contributed by atoms with Crippen LogP contribution in [0.1, 0.15) is 37.7 Å². The van der Waals surface area contributed by atoms with Gasteiger partial charge in [0.05, 0.1) is 0 Å². The van der Waals surface area contributed by atoms with Gasteiger partial charge >= 0.3 is 0 Å². The van der Waals surface area contributed by atoms with Crippen LogP contribution in [0, 0.1) is 0 Å². The van der Waals surface area contributed by atoms with E-state index < -0.39 is 0 Å². The zero-order valence-corrected chi connectivity index (χ0v) is 14.9. The van der Waals surface area contributed by atoms with Crippen molar-refractivity contribution in [1.82, 2.24) is 4.90 Å². The second-order valence-electron chi connectivity index (χ2n) is 6.22. The van der Waals surface area contributed by atoms with E-state index in [0.717, 1.165) is 29.5 Å². The summed E-state index contributed by atoms with van der Waals surface area (Å²) in [6, 6.07) is 7.28. The second-order valence-corrected chi connectivity index (χ2v) is 7.19. The number of anilines is 1. The molecule has 116 valence electrons. The number of piperidine rings is 2. The van der Waals surface area contributed by atoms with Crippen LogP contribution >= 0.6 is 27.5 Å². The first kappa shape index (κ1) is 15.6. The minimum absolute atomic E-state index is 0.804. The maximum atomic E-state index is 6.33. The van der Waals surface area contributed by atoms with Gasteiger partial charge in [-0.05, 0) is 56.5 Å². The molecule has 3 rings (SSSR count). The van der Waals surface area contributed by atoms with Gasteiger partial charge in [-0.15, -0.1) is 0 Å². The molecule has 0 saturated carbocycles. The highest BCUT2D eigenvalue weighted by Gasteiger charge is 2.25. The van der Waals surface area contributed by atoms with Crippen molar-refractivity contribution in [2.45, 2.75) is 43.5 Å². The third-order valence-electron chi connectivity index (χ3n) is 4.92. The number of hydrogen-bond acceptors (Lipinski definition) is 2. The van der Waals surface area contributed by atoms with Crippen molar-refractivity contribution < 1.29 is 0 Å². The Morgan fingerprint density at radius 2 is 1.76 bits per heavy atom. The molecule has 0 N–H and O–H groups in total. The van der Waals surface area contributed by atoms with Crippen LogP contribution in [0.2, 0.25) is 5.02 Å². The number of likely N-dealkylation sites (tertiary alicyclic amines) is 1. The molecule has 2 aliphatic rings. The number of nitrogens with zero attached hydrogens (tertiary/aromatic N) is 2. The summed E-state index contributed by atoms with van der Waals surface area (Å²) >= 11 is 9.81. The minimum Gasteiger partial charge on any atom is -0.371 e. The molecule has 0 atom stereocenters. The Kier molecular flexibility index (Phi) is 5.47. The molecule has 0 unspecified atom stereocenters. The fourth-order valence-corrected chi connectivity index (χ4v) is 4.51. The zero-order valence-electron chi connectivity index (χ0n) is 12.5. The Hall–Kier alpha value is -0.250. The standard InChI is InChI=1S/C17H24BrClN2/c18-13-14-4-5-16(12-17(14)19)21-10-6-15(7-11-21)20-8-2-1-3-9-20/h4-5,12,15H,1-3,6-11,13H2. The number of hydrogen-bond donors (Lipinski definition) is 0. The van der Waals surface area contributed by atoms with Crippen molar-refractivity contribution in [3.63, 3.8) is 0 Å². The van der Waals surface area contributed by atoms with Gasteiger partial charge in [-0.3, -0.25) is 0 Å². The Labute approximate surface area is 141 Å². The van der Waals surface area contributed by atoms with Gasteiger partial charge in [0.25, 0.3) is 0 Å². The molecule has 0 aromatic heterocycles. The zero-order chi connectivity index (χ0) is 14.7. The summed E-state index contributed by atoms with van der Waals surface area (Å²) in [5, 5.41) is 1.70. The van der Waals surface area contributed by atoms with E-state index in [9.17, 15) is 0 Å². The number of benzene rings is 1. The van der Waals surface area contributed by atoms with Gasteiger partial charge in [0, 0.05) is 35.2 Å². The van der Waals surface area contributed by atoms with Crippen LogP contribution < -0.4 is 4.90 Å². The largest absolute Gasteiger partial charge is 0.371 e. The van der Waals surface area contributed by atoms with E-state index in [1.165, 1.54) is 56.4 Å². The second kappa shape index (κ2) is 7.34. The van der Waals surface area contributed by atoms with Crippen LogP contribution in [0.4, 0.5) is 5.69 Å². The summed E-state index contributed by atoms with van der Waals surface area (Å²) in [4.78, 5) is 5.21. The highest BCUT2D eigenvalue weighted by molar-refractivity contribution is 9.08. The van der Waals surface area contributed by atoms with Crippen LogP contribution in [0.25, 0.3) is 0 Å². The van der Waals surface area contributed by atoms with Crippen LogP contribution in [0.3, 0.4) is 0 Å². The van der Waals surface area contributed by atoms with Crippen molar-refractivity contribution in [3.8, 4) is 0 Å². The van der Waals surface area contributed by atoms with E-state index >= 15 is 0 Å². The molecule has 21 heavy (non-hydrogen) atoms. The molecule has 1 aromatic rings. The van der Waals surface area contributed by atoms with Crippen molar-refractivity contribution in [3.05, 3.63) is 28.8 Å². The van der Waals surface area contributed by atoms with E-state index in [2.05, 4.69) is 43.9 Å². The summed E-state index contributed by atoms with van der Waals surface area (Å²) in [5.41, 5.74) is 2.45. The maximum Gasteiger partial charge on any atom is 0.0467 e. The lowest BCUT2D eigenvalue weighted by Gasteiger charge is -2.41. The first-order valence-electron chi connectivity index (χ1n) is 8.11. The molecule has 0 aliphatic carbocycles. The maximum absolute atomic E-state index is 6.33. The molecule has 0 amide bonds. The van der Waals surface area contributed by atoms with E-state index in [4.69, 9.17) is 11.6 Å². The van der Waals surface area contributed by atoms with Gasteiger partial charge in [0.1, 0.15) is 0 Å². The van der Waals surface area contributed by atoms with Crippen molar-refractivity contribution >= 4 is 33.2 Å². The van der Waals surface area contributed by atoms with E-state index in [-0.39, 0.29) is 0 Å². The first-order chi connectivity index (χ1) is 10.3. The van der Waals surface area contributed by atoms with E-state index in [1.807, 2.05) is 0 Å². The summed E-state index contributed by atoms with van der Waals surface area (Å²) in [6.45, 7) is 4.95. The van der Waals surface area contributed by atoms with Gasteiger partial charge in [0.15, 0.2) is 0 Å². The predicted molar refractivity (Wildman–Crippen MR) is 94.7 cm³/mol. The minimum atomic E-state index is 0.804. The lowest BCUT2D eigenvalue weighted by atomic mass is 9.99. The lowest BCUT2D eigenvalue weighted by Crippen LogP contribution is -2.46. The number of rotatable bonds is 3. The van der Waals surface area contributed by atoms with Gasteiger partial charge in [0.2, 0.25) is 0 Å². The van der Waals surface area contributed by atoms with E-state index in [0.29, 0.717) is 0 Å². The number of alkyl halides is 1. The van der Waals surface area contributed by atoms with Crippen molar-refractivity contribution in [2.75, 3.05) is 31.1 Å². The summed E-state index contributed by atoms with van der Waals surface area (Å²) in [5.74, 6) is 0. The monoisotopic (exact) mass is 370 g/mol. The van der Waals surface area contributed by atoms with Crippen LogP contribution in [0.15, 0.2) is 18.2 Å². The topological polar surface area (TPSA) is 6.48 Å². The molecular formula is C17H24BrClN2. The SMILES string of the molecule is Clc1cc(N2CCC(N3CCCCC3)CC2)ccc1CBr. The Morgan fingerprint density at radius 3 is 2.38 bits per heavy atom. The van der Waals surface area contributed by atoms with Gasteiger partial charge in [-0.2, -0.15) is 0 Å². The third kappa shape index (κ3) is 3.75. The normalized spacial score (nSPS) is 21.7. The average molecular weight is 372 g/mol. The molecule has 2 fully saturated rings. The molecule has 4 heteroatoms. The Bertz CT molecular complexity index is 466.